The predicted octanol–water partition coefficient (Wildman–Crippen LogP) is 3.28. The lowest BCUT2D eigenvalue weighted by molar-refractivity contribution is -0.583. The quantitative estimate of drug-likeness (QED) is 0.523. The van der Waals surface area contributed by atoms with Crippen LogP contribution in [0.2, 0.25) is 0 Å². The number of para-hydroxylation sites is 1. The number of hydrogen-bond donors (Lipinski definition) is 1. The zero-order valence-corrected chi connectivity index (χ0v) is 11.2. The molecule has 0 aliphatic carbocycles. The molecule has 2 aromatic heterocycles. The molecule has 2 heterocycles. The molecule has 0 aliphatic rings. The van der Waals surface area contributed by atoms with E-state index < -0.39 is 0 Å². The highest BCUT2D eigenvalue weighted by molar-refractivity contribution is 5.89. The van der Waals surface area contributed by atoms with Gasteiger partial charge in [0.05, 0.1) is 10.9 Å². The third-order valence-corrected chi connectivity index (χ3v) is 3.61. The van der Waals surface area contributed by atoms with Gasteiger partial charge < -0.3 is 0 Å². The van der Waals surface area contributed by atoms with Gasteiger partial charge in [-0.15, -0.1) is 4.52 Å². The maximum absolute atomic E-state index is 4.83. The fourth-order valence-electron chi connectivity index (χ4n) is 2.60. The van der Waals surface area contributed by atoms with E-state index in [4.69, 9.17) is 4.98 Å². The molecule has 0 bridgehead atoms. The molecule has 0 unspecified atom stereocenters. The highest BCUT2D eigenvalue weighted by atomic mass is 15.3. The van der Waals surface area contributed by atoms with Crippen LogP contribution in [0.25, 0.3) is 27.8 Å². The predicted molar refractivity (Wildman–Crippen MR) is 79.4 cm³/mol. The van der Waals surface area contributed by atoms with Crippen LogP contribution in [-0.4, -0.2) is 10.1 Å². The first-order valence-corrected chi connectivity index (χ1v) is 6.68. The van der Waals surface area contributed by atoms with Gasteiger partial charge in [0.1, 0.15) is 5.69 Å². The van der Waals surface area contributed by atoms with Gasteiger partial charge in [-0.2, -0.15) is 0 Å². The minimum Gasteiger partial charge on any atom is -0.223 e. The summed E-state index contributed by atoms with van der Waals surface area (Å²) in [7, 11) is 0. The average Bonchev–Trinajstić information content (AvgIpc) is 2.88. The van der Waals surface area contributed by atoms with Gasteiger partial charge in [-0.3, -0.25) is 0 Å². The normalized spacial score (nSPS) is 11.2. The Kier molecular flexibility index (Phi) is 2.33. The average molecular weight is 260 g/mol. The van der Waals surface area contributed by atoms with Gasteiger partial charge >= 0.3 is 5.65 Å². The van der Waals surface area contributed by atoms with Gasteiger partial charge in [0.2, 0.25) is 0 Å². The number of fused-ring (bicyclic) bond motifs is 3. The Bertz CT molecular complexity index is 907. The van der Waals surface area contributed by atoms with Crippen LogP contribution in [0.3, 0.4) is 0 Å². The lowest BCUT2D eigenvalue weighted by Gasteiger charge is -1.96. The lowest BCUT2D eigenvalue weighted by atomic mass is 10.1. The summed E-state index contributed by atoms with van der Waals surface area (Å²) >= 11 is 0. The summed E-state index contributed by atoms with van der Waals surface area (Å²) in [5, 5.41) is 4.53. The van der Waals surface area contributed by atoms with Crippen LogP contribution in [0.1, 0.15) is 5.69 Å². The minimum atomic E-state index is 0.972. The van der Waals surface area contributed by atoms with Crippen molar-refractivity contribution in [3.63, 3.8) is 0 Å². The lowest BCUT2D eigenvalue weighted by Crippen LogP contribution is -2.28. The molecule has 0 aliphatic heterocycles. The van der Waals surface area contributed by atoms with E-state index in [0.717, 1.165) is 33.5 Å². The molecule has 3 heteroatoms. The number of aromatic amines is 1. The maximum Gasteiger partial charge on any atom is 0.356 e. The number of nitrogens with one attached hydrogen (secondary N) is 1. The van der Waals surface area contributed by atoms with E-state index in [-0.39, 0.29) is 0 Å². The standard InChI is InChI=1S/C17H13N3/c1-12-11-16(13-7-3-2-4-8-13)18-17-14-9-5-6-10-15(14)19-20(12)17/h2-11H,1H3/p+1. The van der Waals surface area contributed by atoms with Crippen molar-refractivity contribution >= 4 is 16.6 Å². The molecule has 3 nitrogen and oxygen atoms in total. The summed E-state index contributed by atoms with van der Waals surface area (Å²) in [6.07, 6.45) is 0. The first-order chi connectivity index (χ1) is 9.83. The summed E-state index contributed by atoms with van der Waals surface area (Å²) in [6.45, 7) is 2.09. The molecule has 1 N–H and O–H groups in total. The SMILES string of the molecule is Cc1cc(-c2ccccc2)nc2c3ccccc3[nH][n+]12. The van der Waals surface area contributed by atoms with E-state index in [0.29, 0.717) is 0 Å². The highest BCUT2D eigenvalue weighted by Crippen LogP contribution is 2.20. The van der Waals surface area contributed by atoms with Crippen molar-refractivity contribution < 1.29 is 4.52 Å². The number of aromatic nitrogens is 3. The van der Waals surface area contributed by atoms with E-state index >= 15 is 0 Å². The van der Waals surface area contributed by atoms with Gasteiger partial charge in [0, 0.05) is 18.6 Å². The van der Waals surface area contributed by atoms with Crippen LogP contribution < -0.4 is 4.52 Å². The Morgan fingerprint density at radius 1 is 0.950 bits per heavy atom. The smallest absolute Gasteiger partial charge is 0.223 e. The monoisotopic (exact) mass is 260 g/mol. The van der Waals surface area contributed by atoms with E-state index in [2.05, 4.69) is 42.4 Å². The number of benzene rings is 2. The van der Waals surface area contributed by atoms with Crippen molar-refractivity contribution in [1.29, 1.82) is 0 Å². The molecule has 0 saturated heterocycles. The van der Waals surface area contributed by atoms with Gasteiger partial charge in [0.15, 0.2) is 5.69 Å². The molecular formula is C17H14N3+. The summed E-state index contributed by atoms with van der Waals surface area (Å²) < 4.78 is 2.04. The fraction of sp³-hybridized carbons (Fsp3) is 0.0588. The molecule has 2 aromatic carbocycles. The molecule has 0 fully saturated rings. The second kappa shape index (κ2) is 4.17. The zero-order chi connectivity index (χ0) is 13.5. The van der Waals surface area contributed by atoms with Crippen molar-refractivity contribution in [2.75, 3.05) is 0 Å². The summed E-state index contributed by atoms with van der Waals surface area (Å²) in [5.41, 5.74) is 5.37. The highest BCUT2D eigenvalue weighted by Gasteiger charge is 2.18. The number of hydrogen-bond acceptors (Lipinski definition) is 1. The number of nitrogens with zero attached hydrogens (tertiary/aromatic N) is 2. The molecule has 0 amide bonds. The van der Waals surface area contributed by atoms with Crippen LogP contribution in [0.5, 0.6) is 0 Å². The Balaban J connectivity index is 2.08. The first kappa shape index (κ1) is 11.2. The van der Waals surface area contributed by atoms with Gasteiger partial charge in [-0.05, 0) is 17.1 Å². The molecule has 0 saturated carbocycles. The second-order valence-corrected chi connectivity index (χ2v) is 4.97. The zero-order valence-electron chi connectivity index (χ0n) is 11.2. The Labute approximate surface area is 116 Å². The maximum atomic E-state index is 4.83. The molecule has 0 radical (unpaired) electrons. The molecule has 4 rings (SSSR count). The summed E-state index contributed by atoms with van der Waals surface area (Å²) in [5.74, 6) is 0. The van der Waals surface area contributed by atoms with Crippen LogP contribution in [0, 0.1) is 6.92 Å². The first-order valence-electron chi connectivity index (χ1n) is 6.68. The Hall–Kier alpha value is -2.68. The molecule has 96 valence electrons. The van der Waals surface area contributed by atoms with Gasteiger partial charge in [-0.25, -0.2) is 5.10 Å². The van der Waals surface area contributed by atoms with Gasteiger partial charge in [-0.1, -0.05) is 42.5 Å². The van der Waals surface area contributed by atoms with Crippen molar-refractivity contribution in [2.45, 2.75) is 6.92 Å². The Morgan fingerprint density at radius 3 is 2.55 bits per heavy atom. The summed E-state index contributed by atoms with van der Waals surface area (Å²) in [4.78, 5) is 4.83. The van der Waals surface area contributed by atoms with Crippen molar-refractivity contribution in [3.8, 4) is 11.3 Å². The molecule has 4 aromatic rings. The van der Waals surface area contributed by atoms with Crippen molar-refractivity contribution in [1.82, 2.24) is 10.1 Å². The molecule has 0 atom stereocenters. The van der Waals surface area contributed by atoms with Crippen LogP contribution in [0.4, 0.5) is 0 Å². The second-order valence-electron chi connectivity index (χ2n) is 4.97. The number of aryl methyl sites for hydroxylation is 1. The fourth-order valence-corrected chi connectivity index (χ4v) is 2.60. The largest absolute Gasteiger partial charge is 0.356 e. The topological polar surface area (TPSA) is 32.8 Å². The van der Waals surface area contributed by atoms with Crippen LogP contribution in [-0.2, 0) is 0 Å². The van der Waals surface area contributed by atoms with Crippen molar-refractivity contribution in [2.24, 2.45) is 0 Å². The van der Waals surface area contributed by atoms with Crippen molar-refractivity contribution in [3.05, 3.63) is 66.4 Å². The third-order valence-electron chi connectivity index (χ3n) is 3.61. The number of rotatable bonds is 1. The van der Waals surface area contributed by atoms with E-state index in [1.165, 1.54) is 0 Å². The number of H-pyrrole nitrogens is 1. The van der Waals surface area contributed by atoms with Gasteiger partial charge in [0.25, 0.3) is 0 Å². The van der Waals surface area contributed by atoms with Crippen LogP contribution in [0.15, 0.2) is 60.7 Å². The Morgan fingerprint density at radius 2 is 1.70 bits per heavy atom. The summed E-state index contributed by atoms with van der Waals surface area (Å²) in [6, 6.07) is 20.6. The minimum absolute atomic E-state index is 0.972. The molecule has 20 heavy (non-hydrogen) atoms. The van der Waals surface area contributed by atoms with E-state index in [1.54, 1.807) is 0 Å². The van der Waals surface area contributed by atoms with E-state index in [1.807, 2.05) is 34.8 Å². The molecular weight excluding hydrogens is 246 g/mol. The third kappa shape index (κ3) is 1.60. The van der Waals surface area contributed by atoms with E-state index in [9.17, 15) is 0 Å². The molecule has 0 spiro atoms. The van der Waals surface area contributed by atoms with Crippen LogP contribution >= 0.6 is 0 Å².